The van der Waals surface area contributed by atoms with Crippen LogP contribution in [0.3, 0.4) is 0 Å². The lowest BCUT2D eigenvalue weighted by Crippen LogP contribution is -2.32. The molecule has 1 atom stereocenters. The molecule has 1 heterocycles. The molecule has 88 valence electrons. The number of rotatable bonds is 0. The molecule has 0 aromatic carbocycles. The molecular weight excluding hydrogens is 186 g/mol. The second kappa shape index (κ2) is 7.72. The molecule has 1 unspecified atom stereocenters. The summed E-state index contributed by atoms with van der Waals surface area (Å²) in [4.78, 5) is 11.5. The molecule has 2 heteroatoms. The first kappa shape index (κ1) is 12.5. The number of nitrogens with one attached hydrogen (secondary N) is 1. The summed E-state index contributed by atoms with van der Waals surface area (Å²) in [5, 5.41) is 3.08. The van der Waals surface area contributed by atoms with Gasteiger partial charge in [-0.15, -0.1) is 0 Å². The van der Waals surface area contributed by atoms with Gasteiger partial charge in [0.05, 0.1) is 0 Å². The molecular formula is C13H25NO. The summed E-state index contributed by atoms with van der Waals surface area (Å²) in [5.41, 5.74) is 0. The van der Waals surface area contributed by atoms with Gasteiger partial charge in [0.2, 0.25) is 5.91 Å². The molecule has 15 heavy (non-hydrogen) atoms. The Hall–Kier alpha value is -0.530. The van der Waals surface area contributed by atoms with E-state index >= 15 is 0 Å². The highest BCUT2D eigenvalue weighted by Gasteiger charge is 2.07. The number of carbonyl (C=O) groups is 1. The summed E-state index contributed by atoms with van der Waals surface area (Å²) in [6.07, 6.45) is 12.2. The third kappa shape index (κ3) is 6.53. The van der Waals surface area contributed by atoms with Crippen LogP contribution in [0.25, 0.3) is 0 Å². The minimum Gasteiger partial charge on any atom is -0.354 e. The van der Waals surface area contributed by atoms with Gasteiger partial charge in [-0.05, 0) is 19.8 Å². The first-order valence-electron chi connectivity index (χ1n) is 6.58. The highest BCUT2D eigenvalue weighted by Crippen LogP contribution is 2.12. The largest absolute Gasteiger partial charge is 0.354 e. The Bertz CT molecular complexity index is 179. The zero-order chi connectivity index (χ0) is 10.9. The van der Waals surface area contributed by atoms with Gasteiger partial charge >= 0.3 is 0 Å². The monoisotopic (exact) mass is 211 g/mol. The van der Waals surface area contributed by atoms with Crippen LogP contribution in [0.5, 0.6) is 0 Å². The predicted octanol–water partition coefficient (Wildman–Crippen LogP) is 3.41. The van der Waals surface area contributed by atoms with E-state index in [1.165, 1.54) is 44.9 Å². The van der Waals surface area contributed by atoms with Crippen molar-refractivity contribution in [3.05, 3.63) is 0 Å². The molecule has 0 aromatic heterocycles. The maximum atomic E-state index is 11.5. The SMILES string of the molecule is CC1CCCCCCCCCCC(=O)N1. The first-order valence-corrected chi connectivity index (χ1v) is 6.58. The van der Waals surface area contributed by atoms with Gasteiger partial charge in [0.25, 0.3) is 0 Å². The van der Waals surface area contributed by atoms with E-state index in [4.69, 9.17) is 0 Å². The number of amides is 1. The van der Waals surface area contributed by atoms with Crippen molar-refractivity contribution in [2.24, 2.45) is 0 Å². The molecule has 0 spiro atoms. The number of carbonyl (C=O) groups excluding carboxylic acids is 1. The van der Waals surface area contributed by atoms with Crippen molar-refractivity contribution in [3.8, 4) is 0 Å². The predicted molar refractivity (Wildman–Crippen MR) is 63.8 cm³/mol. The van der Waals surface area contributed by atoms with Crippen molar-refractivity contribution >= 4 is 5.91 Å². The second-order valence-corrected chi connectivity index (χ2v) is 4.84. The molecule has 0 radical (unpaired) electrons. The van der Waals surface area contributed by atoms with Crippen molar-refractivity contribution < 1.29 is 4.79 Å². The Morgan fingerprint density at radius 1 is 0.933 bits per heavy atom. The van der Waals surface area contributed by atoms with Gasteiger partial charge in [-0.2, -0.15) is 0 Å². The Kier molecular flexibility index (Phi) is 6.45. The summed E-state index contributed by atoms with van der Waals surface area (Å²) in [5.74, 6) is 0.252. The standard InChI is InChI=1S/C13H25NO/c1-12-10-8-6-4-2-3-5-7-9-11-13(15)14-12/h12H,2-11H2,1H3,(H,14,15). The van der Waals surface area contributed by atoms with E-state index in [2.05, 4.69) is 12.2 Å². The summed E-state index contributed by atoms with van der Waals surface area (Å²) < 4.78 is 0. The van der Waals surface area contributed by atoms with Gasteiger partial charge in [0.15, 0.2) is 0 Å². The van der Waals surface area contributed by atoms with Gasteiger partial charge in [-0.3, -0.25) is 4.79 Å². The van der Waals surface area contributed by atoms with Crippen LogP contribution >= 0.6 is 0 Å². The fourth-order valence-electron chi connectivity index (χ4n) is 2.22. The third-order valence-electron chi connectivity index (χ3n) is 3.20. The smallest absolute Gasteiger partial charge is 0.220 e. The van der Waals surface area contributed by atoms with Gasteiger partial charge in [0, 0.05) is 12.5 Å². The third-order valence-corrected chi connectivity index (χ3v) is 3.20. The average molecular weight is 211 g/mol. The lowest BCUT2D eigenvalue weighted by atomic mass is 10.1. The second-order valence-electron chi connectivity index (χ2n) is 4.84. The van der Waals surface area contributed by atoms with Gasteiger partial charge in [-0.25, -0.2) is 0 Å². The van der Waals surface area contributed by atoms with E-state index in [9.17, 15) is 4.79 Å². The molecule has 0 saturated carbocycles. The molecule has 1 aliphatic rings. The van der Waals surface area contributed by atoms with Gasteiger partial charge in [-0.1, -0.05) is 44.9 Å². The number of hydrogen-bond acceptors (Lipinski definition) is 1. The highest BCUT2D eigenvalue weighted by molar-refractivity contribution is 5.76. The molecule has 1 fully saturated rings. The van der Waals surface area contributed by atoms with Gasteiger partial charge in [0.1, 0.15) is 0 Å². The lowest BCUT2D eigenvalue weighted by Gasteiger charge is -2.13. The molecule has 0 aliphatic carbocycles. The van der Waals surface area contributed by atoms with Crippen LogP contribution in [-0.2, 0) is 4.79 Å². The molecule has 1 amide bonds. The summed E-state index contributed by atoms with van der Waals surface area (Å²) in [6, 6.07) is 0.373. The Labute approximate surface area is 93.8 Å². The highest BCUT2D eigenvalue weighted by atomic mass is 16.1. The molecule has 0 bridgehead atoms. The van der Waals surface area contributed by atoms with Gasteiger partial charge < -0.3 is 5.32 Å². The van der Waals surface area contributed by atoms with Crippen molar-refractivity contribution in [1.29, 1.82) is 0 Å². The quantitative estimate of drug-likeness (QED) is 0.653. The van der Waals surface area contributed by atoms with Crippen LogP contribution in [0.2, 0.25) is 0 Å². The maximum Gasteiger partial charge on any atom is 0.220 e. The summed E-state index contributed by atoms with van der Waals surface area (Å²) in [7, 11) is 0. The van der Waals surface area contributed by atoms with Crippen molar-refractivity contribution in [1.82, 2.24) is 5.32 Å². The number of hydrogen-bond donors (Lipinski definition) is 1. The van der Waals surface area contributed by atoms with Crippen LogP contribution in [0.1, 0.15) is 71.1 Å². The molecule has 0 aromatic rings. The minimum atomic E-state index is 0.252. The first-order chi connectivity index (χ1) is 7.29. The Morgan fingerprint density at radius 3 is 2.13 bits per heavy atom. The minimum absolute atomic E-state index is 0.252. The molecule has 2 nitrogen and oxygen atoms in total. The average Bonchev–Trinajstić information content (AvgIpc) is 2.21. The fourth-order valence-corrected chi connectivity index (χ4v) is 2.22. The zero-order valence-corrected chi connectivity index (χ0v) is 10.1. The zero-order valence-electron chi connectivity index (χ0n) is 10.1. The summed E-state index contributed by atoms with van der Waals surface area (Å²) >= 11 is 0. The van der Waals surface area contributed by atoms with Crippen LogP contribution in [0.15, 0.2) is 0 Å². The topological polar surface area (TPSA) is 29.1 Å². The van der Waals surface area contributed by atoms with Crippen molar-refractivity contribution in [2.75, 3.05) is 0 Å². The lowest BCUT2D eigenvalue weighted by molar-refractivity contribution is -0.121. The van der Waals surface area contributed by atoms with Crippen molar-refractivity contribution in [2.45, 2.75) is 77.2 Å². The maximum absolute atomic E-state index is 11.5. The van der Waals surface area contributed by atoms with E-state index in [0.717, 1.165) is 19.3 Å². The molecule has 1 aliphatic heterocycles. The molecule has 1 rings (SSSR count). The van der Waals surface area contributed by atoms with Crippen LogP contribution in [0.4, 0.5) is 0 Å². The van der Waals surface area contributed by atoms with Crippen LogP contribution in [0, 0.1) is 0 Å². The van der Waals surface area contributed by atoms with Crippen LogP contribution in [-0.4, -0.2) is 11.9 Å². The molecule has 1 N–H and O–H groups in total. The van der Waals surface area contributed by atoms with Crippen molar-refractivity contribution in [3.63, 3.8) is 0 Å². The van der Waals surface area contributed by atoms with E-state index in [0.29, 0.717) is 6.04 Å². The van der Waals surface area contributed by atoms with Crippen LogP contribution < -0.4 is 5.32 Å². The van der Waals surface area contributed by atoms with E-state index in [1.807, 2.05) is 0 Å². The fraction of sp³-hybridized carbons (Fsp3) is 0.923. The Morgan fingerprint density at radius 2 is 1.47 bits per heavy atom. The van der Waals surface area contributed by atoms with E-state index in [1.54, 1.807) is 0 Å². The van der Waals surface area contributed by atoms with E-state index < -0.39 is 0 Å². The molecule has 1 saturated heterocycles. The Balaban J connectivity index is 2.26. The normalized spacial score (nSPS) is 27.0. The van der Waals surface area contributed by atoms with E-state index in [-0.39, 0.29) is 5.91 Å². The summed E-state index contributed by atoms with van der Waals surface area (Å²) in [6.45, 7) is 2.12.